The Morgan fingerprint density at radius 3 is 2.47 bits per heavy atom. The number of fused-ring (bicyclic) bond motifs is 1. The lowest BCUT2D eigenvalue weighted by Crippen LogP contribution is -2.70. The molecule has 0 aliphatic carbocycles. The minimum absolute atomic E-state index is 0.0136. The number of thioether (sulfide) groups is 1. The fraction of sp³-hybridized carbons (Fsp3) is 0.200. The van der Waals surface area contributed by atoms with E-state index in [0.717, 1.165) is 0 Å². The maximum atomic E-state index is 13.5. The highest BCUT2D eigenvalue weighted by Crippen LogP contribution is 2.40. The molecule has 13 heteroatoms. The van der Waals surface area contributed by atoms with Crippen LogP contribution in [0, 0.1) is 0 Å². The Labute approximate surface area is 226 Å². The fourth-order valence-electron chi connectivity index (χ4n) is 4.12. The lowest BCUT2D eigenvalue weighted by molar-refractivity contribution is -0.150. The van der Waals surface area contributed by atoms with Crippen molar-refractivity contribution in [3.63, 3.8) is 0 Å². The molecule has 3 atom stereocenters. The Balaban J connectivity index is 1.37. The van der Waals surface area contributed by atoms with Gasteiger partial charge in [0.25, 0.3) is 5.91 Å². The topological polar surface area (TPSA) is 147 Å². The lowest BCUT2D eigenvalue weighted by atomic mass is 10.0. The molecule has 2 aromatic carbocycles. The molecular formula is C25H21ClN6O5S. The van der Waals surface area contributed by atoms with Gasteiger partial charge < -0.3 is 20.5 Å². The Morgan fingerprint density at radius 2 is 1.79 bits per heavy atom. The van der Waals surface area contributed by atoms with Gasteiger partial charge >= 0.3 is 12.0 Å². The molecule has 38 heavy (non-hydrogen) atoms. The molecular weight excluding hydrogens is 532 g/mol. The second-order valence-corrected chi connectivity index (χ2v) is 9.89. The van der Waals surface area contributed by atoms with Gasteiger partial charge in [-0.05, 0) is 41.8 Å². The number of aliphatic carboxylic acids is 1. The van der Waals surface area contributed by atoms with Gasteiger partial charge in [-0.15, -0.1) is 11.8 Å². The van der Waals surface area contributed by atoms with Gasteiger partial charge in [-0.1, -0.05) is 48.5 Å². The number of carboxylic acid groups (broad SMARTS) is 1. The number of aromatic nitrogens is 3. The summed E-state index contributed by atoms with van der Waals surface area (Å²) in [7, 11) is 0. The highest BCUT2D eigenvalue weighted by Gasteiger charge is 2.54. The van der Waals surface area contributed by atoms with E-state index in [0.29, 0.717) is 22.6 Å². The number of nitrogens with one attached hydrogen (secondary N) is 2. The van der Waals surface area contributed by atoms with Crippen molar-refractivity contribution in [2.45, 2.75) is 24.4 Å². The summed E-state index contributed by atoms with van der Waals surface area (Å²) in [6.45, 7) is 1.68. The average molecular weight is 553 g/mol. The van der Waals surface area contributed by atoms with Gasteiger partial charge in [0.05, 0.1) is 0 Å². The third kappa shape index (κ3) is 5.13. The lowest BCUT2D eigenvalue weighted by Gasteiger charge is -2.49. The molecule has 2 amide bonds. The first-order chi connectivity index (χ1) is 18.3. The summed E-state index contributed by atoms with van der Waals surface area (Å²) in [4.78, 5) is 51.6. The van der Waals surface area contributed by atoms with Gasteiger partial charge in [-0.25, -0.2) is 4.79 Å². The largest absolute Gasteiger partial charge is 0.477 e. The molecule has 5 rings (SSSR count). The van der Waals surface area contributed by atoms with Crippen molar-refractivity contribution >= 4 is 47.1 Å². The van der Waals surface area contributed by atoms with E-state index in [2.05, 4.69) is 25.6 Å². The van der Waals surface area contributed by atoms with Crippen LogP contribution in [0.1, 0.15) is 18.5 Å². The summed E-state index contributed by atoms with van der Waals surface area (Å²) in [5.74, 6) is -1.27. The van der Waals surface area contributed by atoms with Crippen LogP contribution in [0.4, 0.5) is 5.95 Å². The number of hydrogen-bond donors (Lipinski definition) is 3. The number of β-lactam (4-membered cyclic amide) rings is 1. The molecule has 194 valence electrons. The number of benzene rings is 2. The molecule has 2 aliphatic heterocycles. The number of para-hydroxylation sites is 1. The van der Waals surface area contributed by atoms with Gasteiger partial charge in [-0.2, -0.15) is 15.0 Å². The monoisotopic (exact) mass is 552 g/mol. The number of nitrogens with zero attached hydrogens (tertiary/aromatic N) is 4. The third-order valence-electron chi connectivity index (χ3n) is 5.87. The summed E-state index contributed by atoms with van der Waals surface area (Å²) >= 11 is 7.49. The van der Waals surface area contributed by atoms with E-state index < -0.39 is 35.2 Å². The molecule has 0 spiro atoms. The Hall–Kier alpha value is -4.16. The molecule has 0 radical (unpaired) electrons. The van der Waals surface area contributed by atoms with Crippen LogP contribution in [0.3, 0.4) is 0 Å². The molecule has 3 unspecified atom stereocenters. The molecule has 1 aromatic heterocycles. The molecule has 2 aliphatic rings. The second-order valence-electron chi connectivity index (χ2n) is 8.44. The van der Waals surface area contributed by atoms with Gasteiger partial charge in [0.15, 0.2) is 0 Å². The smallest absolute Gasteiger partial charge is 0.352 e. The number of carbonyl (C=O) groups excluding carboxylic acids is 2. The highest BCUT2D eigenvalue weighted by atomic mass is 35.5. The summed E-state index contributed by atoms with van der Waals surface area (Å²) in [6.07, 6.45) is 0. The summed E-state index contributed by atoms with van der Waals surface area (Å²) in [5.41, 5.74) is 1.14. The summed E-state index contributed by atoms with van der Waals surface area (Å²) in [6, 6.07) is 15.7. The standard InChI is InChI=1S/C25H21ClN6O5S/c1-13-12-38-21-17(20(34)32(21)18(13)22(35)36)27-19(33)16(14-8-4-2-5-9-14)28-24-29-23(26)30-25(31-24)37-15-10-6-3-7-11-15/h2-11,16-17,21H,12H2,1H3,(H,27,33)(H,35,36)(H,28,29,30,31). The summed E-state index contributed by atoms with van der Waals surface area (Å²) < 4.78 is 5.66. The minimum atomic E-state index is -1.17. The second kappa shape index (κ2) is 10.7. The van der Waals surface area contributed by atoms with Gasteiger partial charge in [-0.3, -0.25) is 14.5 Å². The van der Waals surface area contributed by atoms with Crippen molar-refractivity contribution in [1.82, 2.24) is 25.2 Å². The summed E-state index contributed by atoms with van der Waals surface area (Å²) in [5, 5.41) is 14.6. The third-order valence-corrected chi connectivity index (χ3v) is 7.46. The van der Waals surface area contributed by atoms with Crippen molar-refractivity contribution < 1.29 is 24.2 Å². The number of anilines is 1. The van der Waals surface area contributed by atoms with E-state index in [1.54, 1.807) is 61.5 Å². The first-order valence-electron chi connectivity index (χ1n) is 11.5. The van der Waals surface area contributed by atoms with E-state index in [1.165, 1.54) is 16.7 Å². The van der Waals surface area contributed by atoms with Gasteiger partial charge in [0.2, 0.25) is 17.1 Å². The Bertz CT molecular complexity index is 1420. The number of halogens is 1. The van der Waals surface area contributed by atoms with Crippen molar-refractivity contribution in [3.8, 4) is 11.8 Å². The van der Waals surface area contributed by atoms with Crippen LogP contribution in [-0.4, -0.2) is 59.9 Å². The van der Waals surface area contributed by atoms with Gasteiger partial charge in [0, 0.05) is 5.75 Å². The van der Waals surface area contributed by atoms with E-state index in [-0.39, 0.29) is 22.9 Å². The maximum absolute atomic E-state index is 13.5. The molecule has 11 nitrogen and oxygen atoms in total. The van der Waals surface area contributed by atoms with Crippen LogP contribution >= 0.6 is 23.4 Å². The normalized spacial score (nSPS) is 19.2. The number of rotatable bonds is 8. The van der Waals surface area contributed by atoms with Crippen LogP contribution in [-0.2, 0) is 14.4 Å². The van der Waals surface area contributed by atoms with E-state index in [9.17, 15) is 19.5 Å². The maximum Gasteiger partial charge on any atom is 0.352 e. The van der Waals surface area contributed by atoms with Crippen molar-refractivity contribution in [3.05, 3.63) is 82.8 Å². The minimum Gasteiger partial charge on any atom is -0.477 e. The fourth-order valence-corrected chi connectivity index (χ4v) is 5.57. The number of carbonyl (C=O) groups is 3. The van der Waals surface area contributed by atoms with Crippen molar-refractivity contribution in [2.75, 3.05) is 11.1 Å². The van der Waals surface area contributed by atoms with Crippen LogP contribution in [0.2, 0.25) is 5.28 Å². The molecule has 3 N–H and O–H groups in total. The molecule has 0 saturated carbocycles. The number of ether oxygens (including phenoxy) is 1. The zero-order valence-electron chi connectivity index (χ0n) is 19.9. The molecule has 0 bridgehead atoms. The highest BCUT2D eigenvalue weighted by molar-refractivity contribution is 8.00. The number of carboxylic acids is 1. The SMILES string of the molecule is CC1=C(C(=O)O)N2C(=O)C(NC(=O)C(Nc3nc(Cl)nc(Oc4ccccc4)n3)c3ccccc3)C2SC1. The average Bonchev–Trinajstić information content (AvgIpc) is 2.90. The van der Waals surface area contributed by atoms with Crippen LogP contribution < -0.4 is 15.4 Å². The van der Waals surface area contributed by atoms with E-state index in [1.807, 2.05) is 6.07 Å². The van der Waals surface area contributed by atoms with Crippen LogP contribution in [0.25, 0.3) is 0 Å². The van der Waals surface area contributed by atoms with Crippen LogP contribution in [0.5, 0.6) is 11.8 Å². The first kappa shape index (κ1) is 25.5. The molecule has 3 heterocycles. The van der Waals surface area contributed by atoms with E-state index in [4.69, 9.17) is 16.3 Å². The Morgan fingerprint density at radius 1 is 1.11 bits per heavy atom. The van der Waals surface area contributed by atoms with Gasteiger partial charge in [0.1, 0.15) is 28.9 Å². The zero-order chi connectivity index (χ0) is 26.8. The molecule has 3 aromatic rings. The number of amides is 2. The predicted octanol–water partition coefficient (Wildman–Crippen LogP) is 3.23. The molecule has 1 saturated heterocycles. The van der Waals surface area contributed by atoms with Crippen molar-refractivity contribution in [2.24, 2.45) is 0 Å². The Kier molecular flexibility index (Phi) is 7.16. The first-order valence-corrected chi connectivity index (χ1v) is 12.9. The number of hydrogen-bond acceptors (Lipinski definition) is 9. The van der Waals surface area contributed by atoms with Crippen molar-refractivity contribution in [1.29, 1.82) is 0 Å². The zero-order valence-corrected chi connectivity index (χ0v) is 21.4. The quantitative estimate of drug-likeness (QED) is 0.356. The predicted molar refractivity (Wildman–Crippen MR) is 140 cm³/mol. The van der Waals surface area contributed by atoms with Crippen LogP contribution in [0.15, 0.2) is 71.9 Å². The van der Waals surface area contributed by atoms with E-state index >= 15 is 0 Å². The molecule has 1 fully saturated rings.